The molecule has 0 saturated carbocycles. The summed E-state index contributed by atoms with van der Waals surface area (Å²) in [5.41, 5.74) is 0. The molecule has 6 nitrogen and oxygen atoms in total. The highest BCUT2D eigenvalue weighted by molar-refractivity contribution is 6.71. The van der Waals surface area contributed by atoms with Crippen LogP contribution in [0.1, 0.15) is 6.42 Å². The number of esters is 1. The predicted octanol–water partition coefficient (Wildman–Crippen LogP) is 1.67. The van der Waals surface area contributed by atoms with Gasteiger partial charge in [-0.15, -0.1) is 0 Å². The number of carbonyl (C=O) groups is 3. The SMILES string of the molecule is C[Si](C)(C)OC(=O)C1CC(=O)OC1C(=O)O[Si](C)(C)C. The van der Waals surface area contributed by atoms with E-state index in [1.807, 2.05) is 39.3 Å². The monoisotopic (exact) mass is 318 g/mol. The molecule has 1 rings (SSSR count). The van der Waals surface area contributed by atoms with Crippen LogP contribution in [0, 0.1) is 5.92 Å². The van der Waals surface area contributed by atoms with E-state index in [1.165, 1.54) is 0 Å². The van der Waals surface area contributed by atoms with Gasteiger partial charge >= 0.3 is 17.9 Å². The van der Waals surface area contributed by atoms with Crippen molar-refractivity contribution < 1.29 is 28.0 Å². The molecule has 1 saturated heterocycles. The van der Waals surface area contributed by atoms with Crippen LogP contribution in [-0.4, -0.2) is 40.6 Å². The molecule has 2 atom stereocenters. The van der Waals surface area contributed by atoms with Crippen molar-refractivity contribution in [3.8, 4) is 0 Å². The van der Waals surface area contributed by atoms with Gasteiger partial charge in [-0.2, -0.15) is 0 Å². The Kier molecular flexibility index (Phi) is 4.80. The molecule has 0 aromatic rings. The van der Waals surface area contributed by atoms with Crippen LogP contribution in [0.15, 0.2) is 0 Å². The summed E-state index contributed by atoms with van der Waals surface area (Å²) in [4.78, 5) is 35.5. The average Bonchev–Trinajstić information content (AvgIpc) is 2.55. The van der Waals surface area contributed by atoms with Crippen molar-refractivity contribution in [2.24, 2.45) is 5.92 Å². The number of hydrogen-bond donors (Lipinski definition) is 0. The normalized spacial score (nSPS) is 23.2. The molecule has 20 heavy (non-hydrogen) atoms. The van der Waals surface area contributed by atoms with Crippen molar-refractivity contribution in [1.82, 2.24) is 0 Å². The van der Waals surface area contributed by atoms with E-state index in [2.05, 4.69) is 0 Å². The third-order valence-corrected chi connectivity index (χ3v) is 3.99. The summed E-state index contributed by atoms with van der Waals surface area (Å²) >= 11 is 0. The minimum atomic E-state index is -2.11. The molecule has 1 aliphatic rings. The molecule has 1 fully saturated rings. The van der Waals surface area contributed by atoms with Crippen LogP contribution in [0.4, 0.5) is 0 Å². The lowest BCUT2D eigenvalue weighted by Crippen LogP contribution is -2.42. The highest BCUT2D eigenvalue weighted by Gasteiger charge is 2.47. The molecule has 1 aliphatic heterocycles. The lowest BCUT2D eigenvalue weighted by atomic mass is 10.0. The molecule has 0 aromatic carbocycles. The summed E-state index contributed by atoms with van der Waals surface area (Å²) in [6, 6.07) is 0. The number of ether oxygens (including phenoxy) is 1. The van der Waals surface area contributed by atoms with Crippen LogP contribution < -0.4 is 0 Å². The summed E-state index contributed by atoms with van der Waals surface area (Å²) in [5, 5.41) is 0. The summed E-state index contributed by atoms with van der Waals surface area (Å²) < 4.78 is 15.6. The zero-order valence-corrected chi connectivity index (χ0v) is 14.8. The van der Waals surface area contributed by atoms with Crippen LogP contribution in [0.5, 0.6) is 0 Å². The fraction of sp³-hybridized carbons (Fsp3) is 0.750. The van der Waals surface area contributed by atoms with E-state index >= 15 is 0 Å². The first kappa shape index (κ1) is 16.9. The van der Waals surface area contributed by atoms with Gasteiger partial charge in [-0.05, 0) is 39.3 Å². The van der Waals surface area contributed by atoms with Gasteiger partial charge in [0.2, 0.25) is 22.7 Å². The third kappa shape index (κ3) is 5.08. The number of cyclic esters (lactones) is 1. The van der Waals surface area contributed by atoms with Gasteiger partial charge < -0.3 is 13.6 Å². The predicted molar refractivity (Wildman–Crippen MR) is 76.9 cm³/mol. The van der Waals surface area contributed by atoms with Gasteiger partial charge in [-0.1, -0.05) is 0 Å². The van der Waals surface area contributed by atoms with Gasteiger partial charge in [0, 0.05) is 0 Å². The second-order valence-corrected chi connectivity index (χ2v) is 15.6. The summed E-state index contributed by atoms with van der Waals surface area (Å²) in [6.45, 7) is 11.1. The Morgan fingerprint density at radius 3 is 1.90 bits per heavy atom. The molecule has 2 unspecified atom stereocenters. The number of rotatable bonds is 4. The van der Waals surface area contributed by atoms with E-state index < -0.39 is 46.6 Å². The van der Waals surface area contributed by atoms with Crippen molar-refractivity contribution in [2.75, 3.05) is 0 Å². The first-order valence-corrected chi connectivity index (χ1v) is 13.4. The first-order valence-electron chi connectivity index (χ1n) is 6.54. The molecule has 114 valence electrons. The molecular weight excluding hydrogens is 296 g/mol. The molecule has 0 spiro atoms. The zero-order valence-electron chi connectivity index (χ0n) is 12.8. The quantitative estimate of drug-likeness (QED) is 0.579. The maximum atomic E-state index is 12.1. The van der Waals surface area contributed by atoms with Crippen LogP contribution in [-0.2, 0) is 28.0 Å². The minimum absolute atomic E-state index is 0.130. The second kappa shape index (κ2) is 5.68. The van der Waals surface area contributed by atoms with E-state index in [0.717, 1.165) is 0 Å². The highest BCUT2D eigenvalue weighted by Crippen LogP contribution is 2.27. The average molecular weight is 318 g/mol. The topological polar surface area (TPSA) is 78.9 Å². The maximum Gasteiger partial charge on any atom is 0.335 e. The standard InChI is InChI=1S/C12H22O6Si2/c1-19(2,3)17-11(14)8-7-9(13)16-10(8)12(15)18-20(4,5)6/h8,10H,7H2,1-6H3. The van der Waals surface area contributed by atoms with Crippen molar-refractivity contribution >= 4 is 34.5 Å². The van der Waals surface area contributed by atoms with Gasteiger partial charge in [0.15, 0.2) is 0 Å². The smallest absolute Gasteiger partial charge is 0.335 e. The molecular formula is C12H22O6Si2. The molecule has 0 amide bonds. The zero-order chi connectivity index (χ0) is 15.7. The van der Waals surface area contributed by atoms with E-state index in [9.17, 15) is 14.4 Å². The van der Waals surface area contributed by atoms with Crippen LogP contribution >= 0.6 is 0 Å². The Morgan fingerprint density at radius 2 is 1.45 bits per heavy atom. The van der Waals surface area contributed by atoms with Crippen molar-refractivity contribution in [1.29, 1.82) is 0 Å². The van der Waals surface area contributed by atoms with Crippen molar-refractivity contribution in [3.05, 3.63) is 0 Å². The van der Waals surface area contributed by atoms with Crippen LogP contribution in [0.25, 0.3) is 0 Å². The van der Waals surface area contributed by atoms with E-state index in [4.69, 9.17) is 13.6 Å². The summed E-state index contributed by atoms with van der Waals surface area (Å²) in [6.07, 6.45) is -1.30. The summed E-state index contributed by atoms with van der Waals surface area (Å²) in [5.74, 6) is -2.65. The Balaban J connectivity index is 2.81. The Bertz CT molecular complexity index is 383. The van der Waals surface area contributed by atoms with Gasteiger partial charge in [-0.3, -0.25) is 9.59 Å². The van der Waals surface area contributed by atoms with E-state index in [1.54, 1.807) is 0 Å². The molecule has 1 heterocycles. The highest BCUT2D eigenvalue weighted by atomic mass is 28.4. The summed E-state index contributed by atoms with van der Waals surface area (Å²) in [7, 11) is -4.19. The van der Waals surface area contributed by atoms with Crippen LogP contribution in [0.2, 0.25) is 39.3 Å². The molecule has 8 heteroatoms. The Morgan fingerprint density at radius 1 is 1.00 bits per heavy atom. The van der Waals surface area contributed by atoms with Gasteiger partial charge in [-0.25, -0.2) is 4.79 Å². The molecule has 0 bridgehead atoms. The third-order valence-electron chi connectivity index (χ3n) is 2.36. The Labute approximate surface area is 121 Å². The largest absolute Gasteiger partial charge is 0.520 e. The van der Waals surface area contributed by atoms with Crippen molar-refractivity contribution in [2.45, 2.75) is 51.8 Å². The van der Waals surface area contributed by atoms with E-state index in [0.29, 0.717) is 0 Å². The first-order chi connectivity index (χ1) is 8.89. The van der Waals surface area contributed by atoms with Gasteiger partial charge in [0.05, 0.1) is 6.42 Å². The lowest BCUT2D eigenvalue weighted by molar-refractivity contribution is -0.159. The minimum Gasteiger partial charge on any atom is -0.520 e. The number of hydrogen-bond acceptors (Lipinski definition) is 6. The Hall–Kier alpha value is -1.16. The molecule has 0 N–H and O–H groups in total. The fourth-order valence-electron chi connectivity index (χ4n) is 1.72. The molecule has 0 aliphatic carbocycles. The lowest BCUT2D eigenvalue weighted by Gasteiger charge is -2.24. The van der Waals surface area contributed by atoms with Gasteiger partial charge in [0.1, 0.15) is 5.92 Å². The fourth-order valence-corrected chi connectivity index (χ4v) is 3.19. The number of carbonyl (C=O) groups excluding carboxylic acids is 3. The molecule has 0 aromatic heterocycles. The maximum absolute atomic E-state index is 12.1. The molecule has 0 radical (unpaired) electrons. The second-order valence-electron chi connectivity index (χ2n) is 6.79. The van der Waals surface area contributed by atoms with Crippen LogP contribution in [0.3, 0.4) is 0 Å². The van der Waals surface area contributed by atoms with Gasteiger partial charge in [0.25, 0.3) is 0 Å². The van der Waals surface area contributed by atoms with E-state index in [-0.39, 0.29) is 6.42 Å². The van der Waals surface area contributed by atoms with Crippen molar-refractivity contribution in [3.63, 3.8) is 0 Å².